The van der Waals surface area contributed by atoms with Crippen LogP contribution in [-0.2, 0) is 14.8 Å². The van der Waals surface area contributed by atoms with Crippen LogP contribution in [-0.4, -0.2) is 40.1 Å². The van der Waals surface area contributed by atoms with Gasteiger partial charge in [-0.25, -0.2) is 14.3 Å². The molecule has 9 nitrogen and oxygen atoms in total. The van der Waals surface area contributed by atoms with Crippen molar-refractivity contribution in [1.29, 1.82) is 0 Å². The summed E-state index contributed by atoms with van der Waals surface area (Å²) in [5, 5.41) is 3.64. The molecule has 0 aliphatic heterocycles. The molecule has 0 atom stereocenters. The number of rotatable bonds is 5. The third kappa shape index (κ3) is 4.07. The second-order valence-corrected chi connectivity index (χ2v) is 8.71. The SMILES string of the molecule is Cc1cc(C)n2nc(S(=O)(=O)Nc3c(C(=O)OC(C)C)ccc(C)c3C)nc2n1. The van der Waals surface area contributed by atoms with Crippen LogP contribution in [0, 0.1) is 27.7 Å². The highest BCUT2D eigenvalue weighted by molar-refractivity contribution is 7.92. The molecule has 1 N–H and O–H groups in total. The molecule has 0 aliphatic carbocycles. The number of nitrogens with zero attached hydrogens (tertiary/aromatic N) is 4. The Bertz CT molecular complexity index is 1220. The van der Waals surface area contributed by atoms with Gasteiger partial charge in [0, 0.05) is 11.4 Å². The van der Waals surface area contributed by atoms with Gasteiger partial charge in [0.1, 0.15) is 0 Å². The Morgan fingerprint density at radius 3 is 2.48 bits per heavy atom. The number of carbonyl (C=O) groups is 1. The lowest BCUT2D eigenvalue weighted by molar-refractivity contribution is 0.0379. The molecule has 0 amide bonds. The summed E-state index contributed by atoms with van der Waals surface area (Å²) in [5.41, 5.74) is 3.11. The Morgan fingerprint density at radius 1 is 1.14 bits per heavy atom. The van der Waals surface area contributed by atoms with Crippen molar-refractivity contribution in [3.8, 4) is 0 Å². The zero-order valence-electron chi connectivity index (χ0n) is 17.1. The average Bonchev–Trinajstić information content (AvgIpc) is 3.03. The fourth-order valence-corrected chi connectivity index (χ4v) is 3.85. The number of esters is 1. The van der Waals surface area contributed by atoms with E-state index in [9.17, 15) is 13.2 Å². The van der Waals surface area contributed by atoms with Crippen molar-refractivity contribution < 1.29 is 17.9 Å². The van der Waals surface area contributed by atoms with Crippen molar-refractivity contribution >= 4 is 27.5 Å². The summed E-state index contributed by atoms with van der Waals surface area (Å²) in [5.74, 6) is -0.430. The van der Waals surface area contributed by atoms with Crippen molar-refractivity contribution in [2.24, 2.45) is 0 Å². The summed E-state index contributed by atoms with van der Waals surface area (Å²) in [6.07, 6.45) is -0.342. The maximum Gasteiger partial charge on any atom is 0.340 e. The average molecular weight is 417 g/mol. The van der Waals surface area contributed by atoms with Gasteiger partial charge in [-0.05, 0) is 64.8 Å². The molecule has 0 bridgehead atoms. The summed E-state index contributed by atoms with van der Waals surface area (Å²) >= 11 is 0. The number of aromatic nitrogens is 4. The van der Waals surface area contributed by atoms with Gasteiger partial charge >= 0.3 is 5.97 Å². The Hall–Kier alpha value is -3.01. The van der Waals surface area contributed by atoms with Crippen LogP contribution in [0.1, 0.15) is 46.7 Å². The van der Waals surface area contributed by atoms with E-state index in [1.165, 1.54) is 10.6 Å². The molecular formula is C19H23N5O4S. The summed E-state index contributed by atoms with van der Waals surface area (Å²) in [6, 6.07) is 5.05. The molecule has 2 aromatic heterocycles. The van der Waals surface area contributed by atoms with Crippen molar-refractivity contribution in [2.75, 3.05) is 4.72 Å². The Balaban J connectivity index is 2.08. The highest BCUT2D eigenvalue weighted by Gasteiger charge is 2.26. The Morgan fingerprint density at radius 2 is 1.83 bits per heavy atom. The number of sulfonamides is 1. The fourth-order valence-electron chi connectivity index (χ4n) is 2.84. The number of carbonyl (C=O) groups excluding carboxylic acids is 1. The maximum atomic E-state index is 13.0. The topological polar surface area (TPSA) is 116 Å². The quantitative estimate of drug-likeness (QED) is 0.635. The van der Waals surface area contributed by atoms with Crippen molar-refractivity contribution in [2.45, 2.75) is 52.8 Å². The first kappa shape index (κ1) is 20.7. The van der Waals surface area contributed by atoms with Crippen molar-refractivity contribution in [1.82, 2.24) is 19.6 Å². The second-order valence-electron chi connectivity index (χ2n) is 7.13. The number of nitrogens with one attached hydrogen (secondary N) is 1. The normalized spacial score (nSPS) is 11.8. The van der Waals surface area contributed by atoms with E-state index in [-0.39, 0.29) is 23.1 Å². The number of hydrogen-bond donors (Lipinski definition) is 1. The summed E-state index contributed by atoms with van der Waals surface area (Å²) in [6.45, 7) is 10.6. The number of anilines is 1. The number of ether oxygens (including phenoxy) is 1. The standard InChI is InChI=1S/C19H23N5O4S/c1-10(2)28-17(25)15-8-7-11(3)14(6)16(15)23-29(26,27)19-21-18-20-12(4)9-13(5)24(18)22-19/h7-10,23H,1-6H3. The minimum Gasteiger partial charge on any atom is -0.459 e. The Labute approximate surface area is 169 Å². The molecule has 0 saturated heterocycles. The smallest absolute Gasteiger partial charge is 0.340 e. The van der Waals surface area contributed by atoms with Gasteiger partial charge in [-0.15, -0.1) is 5.10 Å². The lowest BCUT2D eigenvalue weighted by Crippen LogP contribution is -2.20. The van der Waals surface area contributed by atoms with Gasteiger partial charge < -0.3 is 4.74 Å². The first-order valence-electron chi connectivity index (χ1n) is 9.04. The molecule has 0 unspecified atom stereocenters. The predicted octanol–water partition coefficient (Wildman–Crippen LogP) is 2.72. The number of fused-ring (bicyclic) bond motifs is 1. The number of hydrogen-bond acceptors (Lipinski definition) is 7. The zero-order valence-corrected chi connectivity index (χ0v) is 18.0. The lowest BCUT2D eigenvalue weighted by Gasteiger charge is -2.16. The van der Waals surface area contributed by atoms with Crippen LogP contribution in [0.25, 0.3) is 5.78 Å². The first-order chi connectivity index (χ1) is 13.5. The largest absolute Gasteiger partial charge is 0.459 e. The molecule has 1 aromatic carbocycles. The van der Waals surface area contributed by atoms with Gasteiger partial charge in [-0.1, -0.05) is 6.07 Å². The van der Waals surface area contributed by atoms with Crippen LogP contribution in [0.2, 0.25) is 0 Å². The highest BCUT2D eigenvalue weighted by atomic mass is 32.2. The second kappa shape index (κ2) is 7.43. The molecule has 0 saturated carbocycles. The van der Waals surface area contributed by atoms with E-state index >= 15 is 0 Å². The molecule has 0 fully saturated rings. The minimum atomic E-state index is -4.17. The predicted molar refractivity (Wildman–Crippen MR) is 108 cm³/mol. The summed E-state index contributed by atoms with van der Waals surface area (Å²) < 4.78 is 35.1. The number of benzene rings is 1. The van der Waals surface area contributed by atoms with E-state index in [1.54, 1.807) is 46.8 Å². The van der Waals surface area contributed by atoms with Gasteiger partial charge in [0.2, 0.25) is 0 Å². The lowest BCUT2D eigenvalue weighted by atomic mass is 10.0. The highest BCUT2D eigenvalue weighted by Crippen LogP contribution is 2.27. The van der Waals surface area contributed by atoms with Gasteiger partial charge in [0.15, 0.2) is 0 Å². The molecule has 154 valence electrons. The van der Waals surface area contributed by atoms with Crippen LogP contribution in [0.15, 0.2) is 23.4 Å². The van der Waals surface area contributed by atoms with Gasteiger partial charge in [-0.2, -0.15) is 13.4 Å². The van der Waals surface area contributed by atoms with E-state index in [0.717, 1.165) is 5.56 Å². The molecule has 0 spiro atoms. The molecule has 29 heavy (non-hydrogen) atoms. The molecule has 0 radical (unpaired) electrons. The van der Waals surface area contributed by atoms with Gasteiger partial charge in [-0.3, -0.25) is 4.72 Å². The number of aryl methyl sites for hydroxylation is 3. The third-order valence-electron chi connectivity index (χ3n) is 4.37. The van der Waals surface area contributed by atoms with E-state index < -0.39 is 21.1 Å². The van der Waals surface area contributed by atoms with Gasteiger partial charge in [0.05, 0.1) is 17.4 Å². The Kier molecular flexibility index (Phi) is 5.31. The van der Waals surface area contributed by atoms with E-state index in [0.29, 0.717) is 17.0 Å². The van der Waals surface area contributed by atoms with Crippen LogP contribution < -0.4 is 4.72 Å². The summed E-state index contributed by atoms with van der Waals surface area (Å²) in [4.78, 5) is 20.7. The first-order valence-corrected chi connectivity index (χ1v) is 10.5. The molecule has 10 heteroatoms. The fraction of sp³-hybridized carbons (Fsp3) is 0.368. The third-order valence-corrected chi connectivity index (χ3v) is 5.50. The molecule has 0 aliphatic rings. The van der Waals surface area contributed by atoms with E-state index in [1.807, 2.05) is 6.92 Å². The minimum absolute atomic E-state index is 0.124. The van der Waals surface area contributed by atoms with E-state index in [2.05, 4.69) is 19.8 Å². The van der Waals surface area contributed by atoms with Crippen LogP contribution >= 0.6 is 0 Å². The molecular weight excluding hydrogens is 394 g/mol. The van der Waals surface area contributed by atoms with Gasteiger partial charge in [0.25, 0.3) is 21.0 Å². The van der Waals surface area contributed by atoms with Crippen LogP contribution in [0.3, 0.4) is 0 Å². The molecule has 3 aromatic rings. The zero-order chi connectivity index (χ0) is 21.5. The van der Waals surface area contributed by atoms with Crippen LogP contribution in [0.5, 0.6) is 0 Å². The van der Waals surface area contributed by atoms with Crippen molar-refractivity contribution in [3.63, 3.8) is 0 Å². The monoisotopic (exact) mass is 417 g/mol. The maximum absolute atomic E-state index is 13.0. The summed E-state index contributed by atoms with van der Waals surface area (Å²) in [7, 11) is -4.17. The van der Waals surface area contributed by atoms with Crippen LogP contribution in [0.4, 0.5) is 5.69 Å². The molecule has 2 heterocycles. The van der Waals surface area contributed by atoms with E-state index in [4.69, 9.17) is 4.74 Å². The van der Waals surface area contributed by atoms with Crippen molar-refractivity contribution in [3.05, 3.63) is 46.3 Å². The molecule has 3 rings (SSSR count).